The number of pyridine rings is 1. The van der Waals surface area contributed by atoms with E-state index in [1.165, 1.54) is 0 Å². The first kappa shape index (κ1) is 15.8. The summed E-state index contributed by atoms with van der Waals surface area (Å²) in [4.78, 5) is 16.2. The van der Waals surface area contributed by atoms with Gasteiger partial charge < -0.3 is 14.5 Å². The highest BCUT2D eigenvalue weighted by molar-refractivity contribution is 9.10. The van der Waals surface area contributed by atoms with Crippen molar-refractivity contribution in [1.29, 1.82) is 0 Å². The average Bonchev–Trinajstić information content (AvgIpc) is 2.94. The Morgan fingerprint density at radius 3 is 2.78 bits per heavy atom. The highest BCUT2D eigenvalue weighted by Gasteiger charge is 2.06. The minimum Gasteiger partial charge on any atom is -0.484 e. The first-order chi connectivity index (χ1) is 11.1. The first-order valence-electron chi connectivity index (χ1n) is 6.88. The number of nitrogens with one attached hydrogen (secondary N) is 1. The molecule has 0 bridgehead atoms. The number of halogens is 2. The van der Waals surface area contributed by atoms with Crippen molar-refractivity contribution in [3.05, 3.63) is 64.0 Å². The van der Waals surface area contributed by atoms with Gasteiger partial charge in [0, 0.05) is 16.9 Å². The molecule has 0 aliphatic rings. The SMILES string of the molecule is O=C(COc1ccc(Br)cc1)NCc1cn2cc(Cl)ccc2n1. The van der Waals surface area contributed by atoms with Gasteiger partial charge in [0.25, 0.3) is 5.91 Å². The van der Waals surface area contributed by atoms with Crippen LogP contribution in [-0.4, -0.2) is 21.9 Å². The summed E-state index contributed by atoms with van der Waals surface area (Å²) in [6.07, 6.45) is 3.60. The Morgan fingerprint density at radius 2 is 2.00 bits per heavy atom. The lowest BCUT2D eigenvalue weighted by molar-refractivity contribution is -0.123. The van der Waals surface area contributed by atoms with E-state index in [2.05, 4.69) is 26.2 Å². The molecule has 1 N–H and O–H groups in total. The van der Waals surface area contributed by atoms with Crippen molar-refractivity contribution >= 4 is 39.1 Å². The molecule has 118 valence electrons. The van der Waals surface area contributed by atoms with Crippen LogP contribution in [0.2, 0.25) is 5.02 Å². The Hall–Kier alpha value is -2.05. The van der Waals surface area contributed by atoms with Crippen LogP contribution < -0.4 is 10.1 Å². The molecule has 0 aliphatic carbocycles. The fourth-order valence-electron chi connectivity index (χ4n) is 2.02. The van der Waals surface area contributed by atoms with Crippen molar-refractivity contribution in [3.63, 3.8) is 0 Å². The first-order valence-corrected chi connectivity index (χ1v) is 8.05. The van der Waals surface area contributed by atoms with Gasteiger partial charge in [0.15, 0.2) is 6.61 Å². The number of hydrogen-bond donors (Lipinski definition) is 1. The van der Waals surface area contributed by atoms with Gasteiger partial charge in [-0.3, -0.25) is 4.79 Å². The third-order valence-electron chi connectivity index (χ3n) is 3.12. The van der Waals surface area contributed by atoms with Gasteiger partial charge in [-0.25, -0.2) is 4.98 Å². The van der Waals surface area contributed by atoms with Crippen molar-refractivity contribution in [1.82, 2.24) is 14.7 Å². The number of carbonyl (C=O) groups is 1. The van der Waals surface area contributed by atoms with E-state index in [9.17, 15) is 4.79 Å². The Balaban J connectivity index is 1.52. The van der Waals surface area contributed by atoms with E-state index in [0.29, 0.717) is 17.3 Å². The van der Waals surface area contributed by atoms with Crippen LogP contribution in [0.15, 0.2) is 53.3 Å². The summed E-state index contributed by atoms with van der Waals surface area (Å²) in [5.41, 5.74) is 1.54. The fraction of sp³-hybridized carbons (Fsp3) is 0.125. The molecule has 0 fully saturated rings. The molecule has 1 amide bonds. The van der Waals surface area contributed by atoms with E-state index in [-0.39, 0.29) is 12.5 Å². The summed E-state index contributed by atoms with van der Waals surface area (Å²) in [7, 11) is 0. The fourth-order valence-corrected chi connectivity index (χ4v) is 2.45. The molecule has 1 aromatic carbocycles. The molecule has 3 rings (SSSR count). The topological polar surface area (TPSA) is 55.6 Å². The number of benzene rings is 1. The van der Waals surface area contributed by atoms with Gasteiger partial charge in [-0.1, -0.05) is 27.5 Å². The molecule has 2 aromatic heterocycles. The molecule has 23 heavy (non-hydrogen) atoms. The number of imidazole rings is 1. The van der Waals surface area contributed by atoms with Crippen molar-refractivity contribution in [3.8, 4) is 5.75 Å². The van der Waals surface area contributed by atoms with Gasteiger partial charge in [-0.2, -0.15) is 0 Å². The van der Waals surface area contributed by atoms with Crippen LogP contribution in [-0.2, 0) is 11.3 Å². The smallest absolute Gasteiger partial charge is 0.258 e. The van der Waals surface area contributed by atoms with E-state index in [4.69, 9.17) is 16.3 Å². The largest absolute Gasteiger partial charge is 0.484 e. The second-order valence-corrected chi connectivity index (χ2v) is 6.22. The molecule has 0 spiro atoms. The Kier molecular flexibility index (Phi) is 4.83. The average molecular weight is 395 g/mol. The van der Waals surface area contributed by atoms with Crippen molar-refractivity contribution in [2.45, 2.75) is 6.54 Å². The minimum absolute atomic E-state index is 0.0408. The summed E-state index contributed by atoms with van der Waals surface area (Å²) < 4.78 is 8.19. The van der Waals surface area contributed by atoms with E-state index in [1.807, 2.05) is 28.8 Å². The summed E-state index contributed by atoms with van der Waals surface area (Å²) in [5, 5.41) is 3.41. The maximum absolute atomic E-state index is 11.8. The molecule has 0 unspecified atom stereocenters. The number of fused-ring (bicyclic) bond motifs is 1. The third-order valence-corrected chi connectivity index (χ3v) is 3.87. The van der Waals surface area contributed by atoms with Crippen LogP contribution in [0.1, 0.15) is 5.69 Å². The highest BCUT2D eigenvalue weighted by atomic mass is 79.9. The zero-order valence-electron chi connectivity index (χ0n) is 12.0. The van der Waals surface area contributed by atoms with Crippen LogP contribution in [0.3, 0.4) is 0 Å². The molecule has 0 atom stereocenters. The molecule has 0 aliphatic heterocycles. The molecule has 0 radical (unpaired) electrons. The quantitative estimate of drug-likeness (QED) is 0.721. The van der Waals surface area contributed by atoms with Crippen LogP contribution in [0, 0.1) is 0 Å². The number of amides is 1. The minimum atomic E-state index is -0.206. The van der Waals surface area contributed by atoms with Gasteiger partial charge in [-0.15, -0.1) is 0 Å². The van der Waals surface area contributed by atoms with Crippen LogP contribution in [0.5, 0.6) is 5.75 Å². The van der Waals surface area contributed by atoms with Crippen molar-refractivity contribution in [2.75, 3.05) is 6.61 Å². The van der Waals surface area contributed by atoms with E-state index in [1.54, 1.807) is 24.4 Å². The standard InChI is InChI=1S/C16H13BrClN3O2/c17-11-1-4-14(5-2-11)23-10-16(22)19-7-13-9-21-8-12(18)3-6-15(21)20-13/h1-6,8-9H,7,10H2,(H,19,22). The maximum atomic E-state index is 11.8. The summed E-state index contributed by atoms with van der Waals surface area (Å²) in [6, 6.07) is 10.9. The highest BCUT2D eigenvalue weighted by Crippen LogP contribution is 2.16. The number of ether oxygens (including phenoxy) is 1. The number of hydrogen-bond acceptors (Lipinski definition) is 3. The molecule has 0 saturated carbocycles. The predicted octanol–water partition coefficient (Wildman–Crippen LogP) is 3.45. The Labute approximate surface area is 146 Å². The molecule has 5 nitrogen and oxygen atoms in total. The molecule has 0 saturated heterocycles. The lowest BCUT2D eigenvalue weighted by Gasteiger charge is -2.06. The second-order valence-electron chi connectivity index (χ2n) is 4.86. The molecule has 2 heterocycles. The number of rotatable bonds is 5. The monoisotopic (exact) mass is 393 g/mol. The van der Waals surface area contributed by atoms with Crippen molar-refractivity contribution < 1.29 is 9.53 Å². The molecule has 7 heteroatoms. The number of nitrogens with zero attached hydrogens (tertiary/aromatic N) is 2. The van der Waals surface area contributed by atoms with Crippen LogP contribution in [0.4, 0.5) is 0 Å². The normalized spacial score (nSPS) is 10.7. The van der Waals surface area contributed by atoms with Gasteiger partial charge >= 0.3 is 0 Å². The predicted molar refractivity (Wildman–Crippen MR) is 91.7 cm³/mol. The molecule has 3 aromatic rings. The van der Waals surface area contributed by atoms with E-state index >= 15 is 0 Å². The number of aromatic nitrogens is 2. The van der Waals surface area contributed by atoms with Gasteiger partial charge in [-0.05, 0) is 36.4 Å². The van der Waals surface area contributed by atoms with E-state index < -0.39 is 0 Å². The molecular formula is C16H13BrClN3O2. The third kappa shape index (κ3) is 4.24. The zero-order chi connectivity index (χ0) is 16.2. The lowest BCUT2D eigenvalue weighted by atomic mass is 10.3. The van der Waals surface area contributed by atoms with Crippen LogP contribution in [0.25, 0.3) is 5.65 Å². The second kappa shape index (κ2) is 7.02. The zero-order valence-corrected chi connectivity index (χ0v) is 14.3. The Bertz CT molecular complexity index is 833. The van der Waals surface area contributed by atoms with Gasteiger partial charge in [0.2, 0.25) is 0 Å². The Morgan fingerprint density at radius 1 is 1.22 bits per heavy atom. The number of carbonyl (C=O) groups excluding carboxylic acids is 1. The van der Waals surface area contributed by atoms with Gasteiger partial charge in [0.1, 0.15) is 11.4 Å². The van der Waals surface area contributed by atoms with Crippen molar-refractivity contribution in [2.24, 2.45) is 0 Å². The molecular weight excluding hydrogens is 382 g/mol. The summed E-state index contributed by atoms with van der Waals surface area (Å²) in [6.45, 7) is 0.294. The lowest BCUT2D eigenvalue weighted by Crippen LogP contribution is -2.28. The summed E-state index contributed by atoms with van der Waals surface area (Å²) >= 11 is 9.27. The maximum Gasteiger partial charge on any atom is 0.258 e. The van der Waals surface area contributed by atoms with E-state index in [0.717, 1.165) is 15.8 Å². The van der Waals surface area contributed by atoms with Crippen LogP contribution >= 0.6 is 27.5 Å². The summed E-state index contributed by atoms with van der Waals surface area (Å²) in [5.74, 6) is 0.439. The van der Waals surface area contributed by atoms with Gasteiger partial charge in [0.05, 0.1) is 17.3 Å².